The van der Waals surface area contributed by atoms with Crippen molar-refractivity contribution in [2.24, 2.45) is 0 Å². The summed E-state index contributed by atoms with van der Waals surface area (Å²) in [5, 5.41) is 5.56. The highest BCUT2D eigenvalue weighted by Crippen LogP contribution is 2.06. The molecule has 5 nitrogen and oxygen atoms in total. The third-order valence-electron chi connectivity index (χ3n) is 3.06. The highest BCUT2D eigenvalue weighted by atomic mass is 16.6. The Morgan fingerprint density at radius 3 is 2.79 bits per heavy atom. The van der Waals surface area contributed by atoms with Crippen LogP contribution in [0.1, 0.15) is 18.4 Å². The van der Waals surface area contributed by atoms with Gasteiger partial charge in [0.25, 0.3) is 0 Å². The number of carbonyl (C=O) groups excluding carboxylic acids is 2. The topological polar surface area (TPSA) is 67.4 Å². The van der Waals surface area contributed by atoms with Crippen molar-refractivity contribution in [1.82, 2.24) is 10.6 Å². The van der Waals surface area contributed by atoms with Crippen LogP contribution in [0.5, 0.6) is 0 Å². The highest BCUT2D eigenvalue weighted by Gasteiger charge is 2.25. The third-order valence-corrected chi connectivity index (χ3v) is 3.06. The maximum absolute atomic E-state index is 11.5. The zero-order valence-electron chi connectivity index (χ0n) is 10.7. The maximum atomic E-state index is 11.5. The number of ether oxygens (including phenoxy) is 1. The van der Waals surface area contributed by atoms with Crippen LogP contribution in [0.2, 0.25) is 0 Å². The van der Waals surface area contributed by atoms with Gasteiger partial charge in [0.15, 0.2) is 0 Å². The van der Waals surface area contributed by atoms with Crippen molar-refractivity contribution in [3.8, 4) is 0 Å². The molecule has 1 unspecified atom stereocenters. The average molecular weight is 262 g/mol. The SMILES string of the molecule is O=C(NCCc1ccccc1)OC(=O)C1CCCN1. The molecule has 2 rings (SSSR count). The molecule has 0 radical (unpaired) electrons. The number of nitrogens with one attached hydrogen (secondary N) is 2. The Morgan fingerprint density at radius 2 is 2.11 bits per heavy atom. The van der Waals surface area contributed by atoms with Gasteiger partial charge in [0, 0.05) is 6.54 Å². The van der Waals surface area contributed by atoms with Crippen molar-refractivity contribution < 1.29 is 14.3 Å². The second kappa shape index (κ2) is 6.89. The van der Waals surface area contributed by atoms with Gasteiger partial charge in [-0.2, -0.15) is 0 Å². The van der Waals surface area contributed by atoms with Crippen molar-refractivity contribution in [2.75, 3.05) is 13.1 Å². The summed E-state index contributed by atoms with van der Waals surface area (Å²) in [5.41, 5.74) is 1.13. The number of hydrogen-bond donors (Lipinski definition) is 2. The predicted octanol–water partition coefficient (Wildman–Crippen LogP) is 1.23. The number of carbonyl (C=O) groups is 2. The molecule has 5 heteroatoms. The first-order chi connectivity index (χ1) is 9.25. The Bertz CT molecular complexity index is 428. The van der Waals surface area contributed by atoms with Crippen LogP contribution < -0.4 is 10.6 Å². The Labute approximate surface area is 112 Å². The molecule has 1 heterocycles. The van der Waals surface area contributed by atoms with Crippen LogP contribution in [-0.4, -0.2) is 31.2 Å². The minimum Gasteiger partial charge on any atom is -0.375 e. The minimum atomic E-state index is -0.672. The lowest BCUT2D eigenvalue weighted by Crippen LogP contribution is -2.37. The average Bonchev–Trinajstić information content (AvgIpc) is 2.94. The number of rotatable bonds is 4. The lowest BCUT2D eigenvalue weighted by atomic mass is 10.1. The lowest BCUT2D eigenvalue weighted by Gasteiger charge is -2.09. The van der Waals surface area contributed by atoms with E-state index in [0.29, 0.717) is 13.0 Å². The number of esters is 1. The summed E-state index contributed by atoms with van der Waals surface area (Å²) in [6.45, 7) is 1.25. The zero-order chi connectivity index (χ0) is 13.5. The molecule has 0 spiro atoms. The summed E-state index contributed by atoms with van der Waals surface area (Å²) in [6.07, 6.45) is 1.71. The van der Waals surface area contributed by atoms with Crippen molar-refractivity contribution in [3.05, 3.63) is 35.9 Å². The van der Waals surface area contributed by atoms with E-state index in [-0.39, 0.29) is 6.04 Å². The smallest absolute Gasteiger partial charge is 0.375 e. The zero-order valence-corrected chi connectivity index (χ0v) is 10.7. The van der Waals surface area contributed by atoms with Crippen LogP contribution in [0, 0.1) is 0 Å². The van der Waals surface area contributed by atoms with E-state index in [2.05, 4.69) is 10.6 Å². The third kappa shape index (κ3) is 4.37. The molecule has 102 valence electrons. The summed E-state index contributed by atoms with van der Waals surface area (Å²) in [5.74, 6) is -0.491. The molecular weight excluding hydrogens is 244 g/mol. The van der Waals surface area contributed by atoms with Gasteiger partial charge in [0.2, 0.25) is 0 Å². The quantitative estimate of drug-likeness (QED) is 0.632. The number of hydrogen-bond acceptors (Lipinski definition) is 4. The Hall–Kier alpha value is -1.88. The molecule has 0 saturated carbocycles. The molecule has 19 heavy (non-hydrogen) atoms. The van der Waals surface area contributed by atoms with E-state index in [1.807, 2.05) is 30.3 Å². The largest absolute Gasteiger partial charge is 0.414 e. The molecule has 0 bridgehead atoms. The normalized spacial score (nSPS) is 18.0. The van der Waals surface area contributed by atoms with E-state index in [0.717, 1.165) is 24.9 Å². The molecule has 1 aliphatic rings. The summed E-state index contributed by atoms with van der Waals surface area (Å²) < 4.78 is 4.72. The van der Waals surface area contributed by atoms with Crippen LogP contribution in [-0.2, 0) is 16.0 Å². The molecular formula is C14H18N2O3. The fourth-order valence-electron chi connectivity index (χ4n) is 2.04. The van der Waals surface area contributed by atoms with Crippen molar-refractivity contribution in [3.63, 3.8) is 0 Å². The number of alkyl carbamates (subject to hydrolysis) is 1. The van der Waals surface area contributed by atoms with Crippen LogP contribution in [0.15, 0.2) is 30.3 Å². The summed E-state index contributed by atoms with van der Waals surface area (Å²) in [4.78, 5) is 23.0. The first-order valence-electron chi connectivity index (χ1n) is 6.52. The van der Waals surface area contributed by atoms with Crippen LogP contribution in [0.4, 0.5) is 4.79 Å². The molecule has 1 atom stereocenters. The van der Waals surface area contributed by atoms with Crippen molar-refractivity contribution in [1.29, 1.82) is 0 Å². The van der Waals surface area contributed by atoms with Crippen molar-refractivity contribution >= 4 is 12.1 Å². The standard InChI is InChI=1S/C14H18N2O3/c17-13(12-7-4-9-15-12)19-14(18)16-10-8-11-5-2-1-3-6-11/h1-3,5-6,12,15H,4,7-10H2,(H,16,18). The summed E-state index contributed by atoms with van der Waals surface area (Å²) in [6, 6.07) is 9.48. The number of benzene rings is 1. The molecule has 1 aliphatic heterocycles. The van der Waals surface area contributed by atoms with Crippen LogP contribution >= 0.6 is 0 Å². The Kier molecular flexibility index (Phi) is 4.92. The molecule has 1 fully saturated rings. The predicted molar refractivity (Wildman–Crippen MR) is 70.7 cm³/mol. The Balaban J connectivity index is 1.65. The minimum absolute atomic E-state index is 0.333. The molecule has 1 aromatic carbocycles. The van der Waals surface area contributed by atoms with Gasteiger partial charge < -0.3 is 15.4 Å². The molecule has 0 aliphatic carbocycles. The molecule has 1 saturated heterocycles. The van der Waals surface area contributed by atoms with Crippen LogP contribution in [0.3, 0.4) is 0 Å². The van der Waals surface area contributed by atoms with Gasteiger partial charge in [-0.1, -0.05) is 30.3 Å². The molecule has 1 amide bonds. The van der Waals surface area contributed by atoms with Gasteiger partial charge in [-0.05, 0) is 31.4 Å². The van der Waals surface area contributed by atoms with Gasteiger partial charge in [-0.15, -0.1) is 0 Å². The van der Waals surface area contributed by atoms with Gasteiger partial charge >= 0.3 is 12.1 Å². The van der Waals surface area contributed by atoms with E-state index >= 15 is 0 Å². The van der Waals surface area contributed by atoms with Crippen LogP contribution in [0.25, 0.3) is 0 Å². The number of amides is 1. The maximum Gasteiger partial charge on any atom is 0.414 e. The fraction of sp³-hybridized carbons (Fsp3) is 0.429. The van der Waals surface area contributed by atoms with Gasteiger partial charge in [-0.3, -0.25) is 0 Å². The van der Waals surface area contributed by atoms with E-state index in [9.17, 15) is 9.59 Å². The van der Waals surface area contributed by atoms with E-state index in [1.54, 1.807) is 0 Å². The molecule has 1 aromatic rings. The monoisotopic (exact) mass is 262 g/mol. The van der Waals surface area contributed by atoms with E-state index in [4.69, 9.17) is 4.74 Å². The summed E-state index contributed by atoms with van der Waals surface area (Å²) >= 11 is 0. The second-order valence-corrected chi connectivity index (χ2v) is 4.52. The first kappa shape index (κ1) is 13.5. The molecule has 0 aromatic heterocycles. The first-order valence-corrected chi connectivity index (χ1v) is 6.52. The van der Waals surface area contributed by atoms with E-state index < -0.39 is 12.1 Å². The second-order valence-electron chi connectivity index (χ2n) is 4.52. The van der Waals surface area contributed by atoms with E-state index in [1.165, 1.54) is 0 Å². The lowest BCUT2D eigenvalue weighted by molar-refractivity contribution is -0.139. The Morgan fingerprint density at radius 1 is 1.32 bits per heavy atom. The van der Waals surface area contributed by atoms with Gasteiger partial charge in [0.05, 0.1) is 0 Å². The molecule has 2 N–H and O–H groups in total. The van der Waals surface area contributed by atoms with Gasteiger partial charge in [0.1, 0.15) is 6.04 Å². The van der Waals surface area contributed by atoms with Crippen molar-refractivity contribution in [2.45, 2.75) is 25.3 Å². The highest BCUT2D eigenvalue weighted by molar-refractivity contribution is 5.87. The summed E-state index contributed by atoms with van der Waals surface area (Å²) in [7, 11) is 0. The fourth-order valence-corrected chi connectivity index (χ4v) is 2.04. The van der Waals surface area contributed by atoms with Gasteiger partial charge in [-0.25, -0.2) is 9.59 Å².